The average molecular weight is 251 g/mol. The van der Waals surface area contributed by atoms with Crippen molar-refractivity contribution >= 4 is 17.4 Å². The number of hydrogen-bond donors (Lipinski definition) is 1. The zero-order valence-corrected chi connectivity index (χ0v) is 9.87. The maximum atomic E-state index is 13.7. The summed E-state index contributed by atoms with van der Waals surface area (Å²) in [6, 6.07) is 4.49. The molecule has 0 saturated heterocycles. The number of halogens is 1. The van der Waals surface area contributed by atoms with Crippen molar-refractivity contribution in [2.24, 2.45) is 0 Å². The van der Waals surface area contributed by atoms with Crippen LogP contribution < -0.4 is 10.5 Å². The fourth-order valence-electron chi connectivity index (χ4n) is 1.26. The van der Waals surface area contributed by atoms with Crippen molar-refractivity contribution in [2.45, 2.75) is 9.92 Å². The number of ether oxygens (including phenoxy) is 1. The summed E-state index contributed by atoms with van der Waals surface area (Å²) in [6.45, 7) is 0. The standard InChI is InChI=1S/C11H10FN3OS/c1-16-9-5-10(7(12)4-8(9)13)17-11-2-3-14-6-15-11/h2-6H,13H2,1H3. The highest BCUT2D eigenvalue weighted by molar-refractivity contribution is 7.99. The third-order valence-corrected chi connectivity index (χ3v) is 3.04. The van der Waals surface area contributed by atoms with E-state index in [1.54, 1.807) is 18.3 Å². The van der Waals surface area contributed by atoms with E-state index in [0.717, 1.165) is 0 Å². The van der Waals surface area contributed by atoms with Gasteiger partial charge in [-0.25, -0.2) is 14.4 Å². The number of benzene rings is 1. The summed E-state index contributed by atoms with van der Waals surface area (Å²) >= 11 is 1.19. The molecule has 0 fully saturated rings. The Bertz CT molecular complexity index is 522. The number of nitrogens with two attached hydrogens (primary N) is 1. The Morgan fingerprint density at radius 2 is 2.24 bits per heavy atom. The highest BCUT2D eigenvalue weighted by atomic mass is 32.2. The van der Waals surface area contributed by atoms with E-state index in [4.69, 9.17) is 10.5 Å². The smallest absolute Gasteiger partial charge is 0.143 e. The third-order valence-electron chi connectivity index (χ3n) is 2.05. The first kappa shape index (κ1) is 11.7. The summed E-state index contributed by atoms with van der Waals surface area (Å²) in [6.07, 6.45) is 3.01. The monoisotopic (exact) mass is 251 g/mol. The minimum absolute atomic E-state index is 0.275. The fourth-order valence-corrected chi connectivity index (χ4v) is 2.03. The van der Waals surface area contributed by atoms with Crippen LogP contribution in [0.5, 0.6) is 5.75 Å². The van der Waals surface area contributed by atoms with Gasteiger partial charge in [0.1, 0.15) is 22.9 Å². The topological polar surface area (TPSA) is 61.0 Å². The summed E-state index contributed by atoms with van der Waals surface area (Å²) < 4.78 is 18.7. The molecular formula is C11H10FN3OS. The molecule has 0 spiro atoms. The van der Waals surface area contributed by atoms with Crippen LogP contribution in [-0.2, 0) is 0 Å². The van der Waals surface area contributed by atoms with Crippen molar-refractivity contribution in [3.63, 3.8) is 0 Å². The van der Waals surface area contributed by atoms with Crippen LogP contribution in [0.15, 0.2) is 40.6 Å². The van der Waals surface area contributed by atoms with Gasteiger partial charge >= 0.3 is 0 Å². The second kappa shape index (κ2) is 5.01. The maximum Gasteiger partial charge on any atom is 0.143 e. The van der Waals surface area contributed by atoms with Gasteiger partial charge in [0, 0.05) is 12.3 Å². The van der Waals surface area contributed by atoms with Crippen molar-refractivity contribution in [3.05, 3.63) is 36.5 Å². The number of aromatic nitrogens is 2. The molecule has 1 aromatic heterocycles. The van der Waals surface area contributed by atoms with Crippen LogP contribution in [0.3, 0.4) is 0 Å². The first-order valence-electron chi connectivity index (χ1n) is 4.77. The van der Waals surface area contributed by atoms with Gasteiger partial charge in [0.15, 0.2) is 0 Å². The lowest BCUT2D eigenvalue weighted by atomic mass is 10.3. The first-order valence-corrected chi connectivity index (χ1v) is 5.59. The molecule has 0 atom stereocenters. The normalized spacial score (nSPS) is 10.2. The molecule has 0 bridgehead atoms. The van der Waals surface area contributed by atoms with Crippen LogP contribution in [-0.4, -0.2) is 17.1 Å². The number of methoxy groups -OCH3 is 1. The van der Waals surface area contributed by atoms with Crippen LogP contribution in [0.25, 0.3) is 0 Å². The molecule has 0 aliphatic rings. The van der Waals surface area contributed by atoms with Crippen LogP contribution >= 0.6 is 11.8 Å². The number of hydrogen-bond acceptors (Lipinski definition) is 5. The van der Waals surface area contributed by atoms with E-state index in [1.807, 2.05) is 0 Å². The molecule has 0 unspecified atom stereocenters. The third kappa shape index (κ3) is 2.65. The summed E-state index contributed by atoms with van der Waals surface area (Å²) in [7, 11) is 1.49. The molecule has 0 saturated carbocycles. The molecular weight excluding hydrogens is 241 g/mol. The van der Waals surface area contributed by atoms with Crippen molar-refractivity contribution in [1.82, 2.24) is 9.97 Å². The molecule has 0 amide bonds. The quantitative estimate of drug-likeness (QED) is 0.670. The highest BCUT2D eigenvalue weighted by Gasteiger charge is 2.10. The predicted molar refractivity (Wildman–Crippen MR) is 63.5 cm³/mol. The number of rotatable bonds is 3. The van der Waals surface area contributed by atoms with E-state index >= 15 is 0 Å². The summed E-state index contributed by atoms with van der Waals surface area (Å²) in [5.74, 6) is 0.0508. The molecule has 0 aliphatic heterocycles. The van der Waals surface area contributed by atoms with E-state index in [2.05, 4.69) is 9.97 Å². The van der Waals surface area contributed by atoms with Gasteiger partial charge < -0.3 is 10.5 Å². The fraction of sp³-hybridized carbons (Fsp3) is 0.0909. The Balaban J connectivity index is 2.33. The molecule has 0 aliphatic carbocycles. The second-order valence-electron chi connectivity index (χ2n) is 3.17. The maximum absolute atomic E-state index is 13.7. The Morgan fingerprint density at radius 3 is 2.88 bits per heavy atom. The molecule has 4 nitrogen and oxygen atoms in total. The molecule has 88 valence electrons. The van der Waals surface area contributed by atoms with E-state index in [1.165, 1.54) is 31.3 Å². The molecule has 2 rings (SSSR count). The second-order valence-corrected chi connectivity index (χ2v) is 4.24. The number of anilines is 1. The average Bonchev–Trinajstić information content (AvgIpc) is 2.34. The lowest BCUT2D eigenvalue weighted by Crippen LogP contribution is -1.95. The van der Waals surface area contributed by atoms with Crippen LogP contribution in [0, 0.1) is 5.82 Å². The molecule has 2 aromatic rings. The van der Waals surface area contributed by atoms with Gasteiger partial charge in [-0.3, -0.25) is 0 Å². The molecule has 6 heteroatoms. The first-order chi connectivity index (χ1) is 8.20. The van der Waals surface area contributed by atoms with Gasteiger partial charge in [0.2, 0.25) is 0 Å². The van der Waals surface area contributed by atoms with Crippen LogP contribution in [0.2, 0.25) is 0 Å². The van der Waals surface area contributed by atoms with Crippen molar-refractivity contribution < 1.29 is 9.13 Å². The Morgan fingerprint density at radius 1 is 1.41 bits per heavy atom. The zero-order valence-electron chi connectivity index (χ0n) is 9.05. The van der Waals surface area contributed by atoms with E-state index in [9.17, 15) is 4.39 Å². The van der Waals surface area contributed by atoms with Gasteiger partial charge in [0.05, 0.1) is 17.7 Å². The minimum Gasteiger partial charge on any atom is -0.495 e. The Kier molecular flexibility index (Phi) is 3.43. The van der Waals surface area contributed by atoms with Crippen molar-refractivity contribution in [1.29, 1.82) is 0 Å². The van der Waals surface area contributed by atoms with E-state index < -0.39 is 5.82 Å². The lowest BCUT2D eigenvalue weighted by molar-refractivity contribution is 0.414. The predicted octanol–water partition coefficient (Wildman–Crippen LogP) is 2.36. The Hall–Kier alpha value is -1.82. The minimum atomic E-state index is -0.396. The molecule has 0 radical (unpaired) electrons. The van der Waals surface area contributed by atoms with Gasteiger partial charge in [-0.05, 0) is 12.1 Å². The summed E-state index contributed by atoms with van der Waals surface area (Å²) in [4.78, 5) is 8.21. The zero-order chi connectivity index (χ0) is 12.3. The molecule has 17 heavy (non-hydrogen) atoms. The molecule has 2 N–H and O–H groups in total. The van der Waals surface area contributed by atoms with Gasteiger partial charge in [-0.1, -0.05) is 11.8 Å². The molecule has 1 aromatic carbocycles. The highest BCUT2D eigenvalue weighted by Crippen LogP contribution is 2.34. The summed E-state index contributed by atoms with van der Waals surface area (Å²) in [5, 5.41) is 0.658. The molecule has 1 heterocycles. The SMILES string of the molecule is COc1cc(Sc2ccncn2)c(F)cc1N. The van der Waals surface area contributed by atoms with Gasteiger partial charge in [-0.15, -0.1) is 0 Å². The van der Waals surface area contributed by atoms with E-state index in [0.29, 0.717) is 15.7 Å². The number of nitrogens with zero attached hydrogens (tertiary/aromatic N) is 2. The van der Waals surface area contributed by atoms with Crippen molar-refractivity contribution in [3.8, 4) is 5.75 Å². The van der Waals surface area contributed by atoms with E-state index in [-0.39, 0.29) is 5.69 Å². The van der Waals surface area contributed by atoms with Crippen LogP contribution in [0.1, 0.15) is 0 Å². The van der Waals surface area contributed by atoms with Gasteiger partial charge in [-0.2, -0.15) is 0 Å². The lowest BCUT2D eigenvalue weighted by Gasteiger charge is -2.08. The number of nitrogen functional groups attached to an aromatic ring is 1. The Labute approximate surface area is 102 Å². The largest absolute Gasteiger partial charge is 0.495 e. The summed E-state index contributed by atoms with van der Waals surface area (Å²) in [5.41, 5.74) is 5.87. The van der Waals surface area contributed by atoms with Crippen LogP contribution in [0.4, 0.5) is 10.1 Å². The van der Waals surface area contributed by atoms with Crippen molar-refractivity contribution in [2.75, 3.05) is 12.8 Å². The van der Waals surface area contributed by atoms with Gasteiger partial charge in [0.25, 0.3) is 0 Å².